The number of likely N-dealkylation sites (tertiary alicyclic amines) is 1. The van der Waals surface area contributed by atoms with Crippen LogP contribution in [0, 0.1) is 11.3 Å². The van der Waals surface area contributed by atoms with E-state index in [2.05, 4.69) is 9.71 Å². The van der Waals surface area contributed by atoms with Crippen LogP contribution in [-0.2, 0) is 10.0 Å². The molecule has 8 heteroatoms. The van der Waals surface area contributed by atoms with Crippen molar-refractivity contribution in [1.29, 1.82) is 5.26 Å². The van der Waals surface area contributed by atoms with Crippen LogP contribution in [0.3, 0.4) is 0 Å². The van der Waals surface area contributed by atoms with Gasteiger partial charge in [0.1, 0.15) is 10.7 Å². The molecule has 0 aromatic heterocycles. The van der Waals surface area contributed by atoms with Gasteiger partial charge in [0.15, 0.2) is 0 Å². The Hall–Kier alpha value is -3.44. The molecule has 1 amide bonds. The summed E-state index contributed by atoms with van der Waals surface area (Å²) < 4.78 is 29.4. The first kappa shape index (κ1) is 20.8. The fourth-order valence-electron chi connectivity index (χ4n) is 3.97. The van der Waals surface area contributed by atoms with E-state index in [1.807, 2.05) is 29.2 Å². The van der Waals surface area contributed by atoms with Gasteiger partial charge in [-0.1, -0.05) is 30.3 Å². The topological polar surface area (TPSA) is 103 Å². The second-order valence-electron chi connectivity index (χ2n) is 7.63. The number of piperidine rings is 1. The normalized spacial score (nSPS) is 18.5. The average molecular weight is 435 g/mol. The van der Waals surface area contributed by atoms with Crippen LogP contribution in [0.1, 0.15) is 41.3 Å². The third-order valence-electron chi connectivity index (χ3n) is 5.58. The average Bonchev–Trinajstić information content (AvgIpc) is 3.03. The minimum Gasteiger partial charge on any atom is -0.356 e. The predicted molar refractivity (Wildman–Crippen MR) is 119 cm³/mol. The van der Waals surface area contributed by atoms with Crippen molar-refractivity contribution >= 4 is 26.7 Å². The maximum Gasteiger partial charge on any atom is 0.285 e. The first-order valence-electron chi connectivity index (χ1n) is 10.1. The smallest absolute Gasteiger partial charge is 0.285 e. The minimum atomic E-state index is -3.73. The van der Waals surface area contributed by atoms with Gasteiger partial charge < -0.3 is 10.2 Å². The van der Waals surface area contributed by atoms with Gasteiger partial charge in [0.05, 0.1) is 11.6 Å². The van der Waals surface area contributed by atoms with Crippen LogP contribution in [0.5, 0.6) is 0 Å². The summed E-state index contributed by atoms with van der Waals surface area (Å²) >= 11 is 0. The lowest BCUT2D eigenvalue weighted by Crippen LogP contribution is -2.46. The largest absolute Gasteiger partial charge is 0.356 e. The molecule has 2 aliphatic rings. The van der Waals surface area contributed by atoms with Gasteiger partial charge in [-0.15, -0.1) is 4.40 Å². The number of carbonyl (C=O) groups excluding carboxylic acids is 1. The van der Waals surface area contributed by atoms with Gasteiger partial charge in [-0.3, -0.25) is 4.79 Å². The third kappa shape index (κ3) is 4.23. The highest BCUT2D eigenvalue weighted by Crippen LogP contribution is 2.34. The molecule has 4 rings (SSSR count). The Morgan fingerprint density at radius 2 is 1.74 bits per heavy atom. The molecule has 0 aliphatic carbocycles. The van der Waals surface area contributed by atoms with Gasteiger partial charge >= 0.3 is 0 Å². The molecule has 0 bridgehead atoms. The van der Waals surface area contributed by atoms with Crippen LogP contribution in [0.4, 0.5) is 0 Å². The van der Waals surface area contributed by atoms with E-state index in [9.17, 15) is 13.2 Å². The summed E-state index contributed by atoms with van der Waals surface area (Å²) in [5.41, 5.74) is 2.32. The highest BCUT2D eigenvalue weighted by molar-refractivity contribution is 8.00. The molecule has 1 N–H and O–H groups in total. The summed E-state index contributed by atoms with van der Waals surface area (Å²) in [6.45, 7) is 3.00. The Bertz CT molecular complexity index is 1200. The molecule has 0 unspecified atom stereocenters. The lowest BCUT2D eigenvalue weighted by molar-refractivity contribution is 0.0922. The van der Waals surface area contributed by atoms with E-state index < -0.39 is 10.0 Å². The number of carbonyl (C=O) groups is 1. The lowest BCUT2D eigenvalue weighted by atomic mass is 10.0. The molecule has 1 saturated heterocycles. The SMILES string of the molecule is CC1=C(c2ccccc2)S(=O)(=O)N=C1N1CCC(NC(=O)c2ccc(C#N)cc2)CC1. The van der Waals surface area contributed by atoms with Crippen LogP contribution in [0.2, 0.25) is 0 Å². The summed E-state index contributed by atoms with van der Waals surface area (Å²) in [7, 11) is -3.73. The molecule has 2 heterocycles. The number of amides is 1. The quantitative estimate of drug-likeness (QED) is 0.800. The number of nitriles is 1. The Labute approximate surface area is 181 Å². The highest BCUT2D eigenvalue weighted by atomic mass is 32.2. The Balaban J connectivity index is 1.42. The molecule has 0 radical (unpaired) electrons. The van der Waals surface area contributed by atoms with E-state index in [4.69, 9.17) is 5.26 Å². The Kier molecular flexibility index (Phi) is 5.61. The second kappa shape index (κ2) is 8.36. The molecule has 0 saturated carbocycles. The molecule has 2 aromatic carbocycles. The fraction of sp³-hybridized carbons (Fsp3) is 0.261. The van der Waals surface area contributed by atoms with Crippen LogP contribution < -0.4 is 5.32 Å². The van der Waals surface area contributed by atoms with Crippen LogP contribution >= 0.6 is 0 Å². The number of hydrogen-bond acceptors (Lipinski definition) is 5. The van der Waals surface area contributed by atoms with Gasteiger partial charge in [0.25, 0.3) is 15.9 Å². The monoisotopic (exact) mass is 434 g/mol. The maximum absolute atomic E-state index is 12.7. The van der Waals surface area contributed by atoms with Crippen LogP contribution in [0.25, 0.3) is 4.91 Å². The Morgan fingerprint density at radius 1 is 1.10 bits per heavy atom. The molecule has 7 nitrogen and oxygen atoms in total. The molecule has 2 aliphatic heterocycles. The van der Waals surface area contributed by atoms with Crippen molar-refractivity contribution in [1.82, 2.24) is 10.2 Å². The summed E-state index contributed by atoms with van der Waals surface area (Å²) in [5, 5.41) is 11.9. The second-order valence-corrected chi connectivity index (χ2v) is 9.18. The van der Waals surface area contributed by atoms with Crippen molar-refractivity contribution in [3.05, 3.63) is 76.9 Å². The zero-order chi connectivity index (χ0) is 22.0. The van der Waals surface area contributed by atoms with E-state index in [-0.39, 0.29) is 16.9 Å². The summed E-state index contributed by atoms with van der Waals surface area (Å²) in [6, 6.07) is 17.6. The van der Waals surface area contributed by atoms with Crippen molar-refractivity contribution in [2.24, 2.45) is 4.40 Å². The van der Waals surface area contributed by atoms with Crippen molar-refractivity contribution in [2.75, 3.05) is 13.1 Å². The van der Waals surface area contributed by atoms with Crippen LogP contribution in [-0.4, -0.2) is 44.2 Å². The highest BCUT2D eigenvalue weighted by Gasteiger charge is 2.34. The summed E-state index contributed by atoms with van der Waals surface area (Å²) in [4.78, 5) is 14.7. The molecule has 0 atom stereocenters. The zero-order valence-corrected chi connectivity index (χ0v) is 17.9. The molecular weight excluding hydrogens is 412 g/mol. The molecule has 31 heavy (non-hydrogen) atoms. The van der Waals surface area contributed by atoms with E-state index in [0.29, 0.717) is 54.0 Å². The molecule has 1 fully saturated rings. The standard InChI is InChI=1S/C23H22N4O3S/c1-16-21(18-5-3-2-4-6-18)31(29,30)26-22(16)27-13-11-20(12-14-27)25-23(28)19-9-7-17(15-24)8-10-19/h2-10,20H,11-14H2,1H3,(H,25,28). The fourth-order valence-corrected chi connectivity index (χ4v) is 5.46. The minimum absolute atomic E-state index is 0.00381. The van der Waals surface area contributed by atoms with E-state index in [0.717, 1.165) is 0 Å². The summed E-state index contributed by atoms with van der Waals surface area (Å²) in [5.74, 6) is 0.321. The third-order valence-corrected chi connectivity index (χ3v) is 7.05. The van der Waals surface area contributed by atoms with Crippen molar-refractivity contribution < 1.29 is 13.2 Å². The molecule has 2 aromatic rings. The van der Waals surface area contributed by atoms with Gasteiger partial charge in [-0.2, -0.15) is 13.7 Å². The van der Waals surface area contributed by atoms with E-state index in [1.54, 1.807) is 43.3 Å². The summed E-state index contributed by atoms with van der Waals surface area (Å²) in [6.07, 6.45) is 1.38. The molecule has 158 valence electrons. The molecule has 0 spiro atoms. The number of nitrogens with zero attached hydrogens (tertiary/aromatic N) is 3. The van der Waals surface area contributed by atoms with Gasteiger partial charge in [-0.05, 0) is 49.6 Å². The van der Waals surface area contributed by atoms with Crippen LogP contribution in [0.15, 0.2) is 64.6 Å². The number of nitrogens with one attached hydrogen (secondary N) is 1. The zero-order valence-electron chi connectivity index (χ0n) is 17.1. The van der Waals surface area contributed by atoms with Gasteiger partial charge in [0, 0.05) is 30.3 Å². The van der Waals surface area contributed by atoms with E-state index >= 15 is 0 Å². The number of amidine groups is 1. The van der Waals surface area contributed by atoms with E-state index in [1.165, 1.54) is 0 Å². The number of rotatable bonds is 3. The number of benzene rings is 2. The maximum atomic E-state index is 12.7. The first-order valence-corrected chi connectivity index (χ1v) is 11.5. The van der Waals surface area contributed by atoms with Gasteiger partial charge in [0.2, 0.25) is 0 Å². The number of sulfonamides is 1. The first-order chi connectivity index (χ1) is 14.9. The Morgan fingerprint density at radius 3 is 2.35 bits per heavy atom. The number of hydrogen-bond donors (Lipinski definition) is 1. The van der Waals surface area contributed by atoms with Crippen molar-refractivity contribution in [3.63, 3.8) is 0 Å². The predicted octanol–water partition coefficient (Wildman–Crippen LogP) is 2.93. The van der Waals surface area contributed by atoms with Crippen molar-refractivity contribution in [2.45, 2.75) is 25.8 Å². The van der Waals surface area contributed by atoms with Crippen molar-refractivity contribution in [3.8, 4) is 6.07 Å². The molecular formula is C23H22N4O3S. The van der Waals surface area contributed by atoms with Gasteiger partial charge in [-0.25, -0.2) is 0 Å². The lowest BCUT2D eigenvalue weighted by Gasteiger charge is -2.33.